The number of ether oxygens (including phenoxy) is 1. The molecule has 0 radical (unpaired) electrons. The van der Waals surface area contributed by atoms with Crippen LogP contribution < -0.4 is 20.9 Å². The van der Waals surface area contributed by atoms with E-state index in [1.54, 1.807) is 62.4 Å². The first-order valence-electron chi connectivity index (χ1n) is 9.65. The summed E-state index contributed by atoms with van der Waals surface area (Å²) in [4.78, 5) is 36.4. The largest absolute Gasteiger partial charge is 0.493 e. The van der Waals surface area contributed by atoms with E-state index in [0.717, 1.165) is 12.8 Å². The molecule has 7 nitrogen and oxygen atoms in total. The third-order valence-corrected chi connectivity index (χ3v) is 4.12. The molecule has 0 aliphatic rings. The maximum Gasteiger partial charge on any atom is 0.273 e. The maximum absolute atomic E-state index is 12.4. The van der Waals surface area contributed by atoms with E-state index in [0.29, 0.717) is 29.2 Å². The van der Waals surface area contributed by atoms with Gasteiger partial charge in [-0.05, 0) is 42.8 Å². The Bertz CT molecular complexity index is 847. The van der Waals surface area contributed by atoms with Crippen molar-refractivity contribution < 1.29 is 19.1 Å². The van der Waals surface area contributed by atoms with Gasteiger partial charge in [-0.3, -0.25) is 25.2 Å². The molecule has 0 fully saturated rings. The van der Waals surface area contributed by atoms with Gasteiger partial charge in [-0.2, -0.15) is 0 Å². The SMILES string of the molecule is CCCCOc1ccccc1C(=O)NNC(=O)c1ccc(NC(=O)C(C)C)cc1. The highest BCUT2D eigenvalue weighted by Crippen LogP contribution is 2.18. The Labute approximate surface area is 170 Å². The minimum atomic E-state index is -0.468. The molecule has 3 amide bonds. The van der Waals surface area contributed by atoms with Crippen molar-refractivity contribution in [2.75, 3.05) is 11.9 Å². The molecule has 0 aromatic heterocycles. The van der Waals surface area contributed by atoms with E-state index >= 15 is 0 Å². The van der Waals surface area contributed by atoms with Gasteiger partial charge >= 0.3 is 0 Å². The molecule has 2 aromatic rings. The fourth-order valence-corrected chi connectivity index (χ4v) is 2.35. The van der Waals surface area contributed by atoms with Crippen LogP contribution >= 0.6 is 0 Å². The lowest BCUT2D eigenvalue weighted by atomic mass is 10.1. The molecule has 0 saturated heterocycles. The van der Waals surface area contributed by atoms with Crippen LogP contribution in [0.5, 0.6) is 5.75 Å². The molecule has 0 aliphatic heterocycles. The van der Waals surface area contributed by atoms with E-state index < -0.39 is 11.8 Å². The van der Waals surface area contributed by atoms with Crippen molar-refractivity contribution in [2.24, 2.45) is 5.92 Å². The molecular formula is C22H27N3O4. The van der Waals surface area contributed by atoms with Crippen LogP contribution in [0.1, 0.15) is 54.3 Å². The summed E-state index contributed by atoms with van der Waals surface area (Å²) in [6.07, 6.45) is 1.88. The Hall–Kier alpha value is -3.35. The van der Waals surface area contributed by atoms with Crippen molar-refractivity contribution in [3.8, 4) is 5.75 Å². The predicted molar refractivity (Wildman–Crippen MR) is 112 cm³/mol. The van der Waals surface area contributed by atoms with Crippen LogP contribution in [-0.2, 0) is 4.79 Å². The average Bonchev–Trinajstić information content (AvgIpc) is 2.72. The predicted octanol–water partition coefficient (Wildman–Crippen LogP) is 3.53. The van der Waals surface area contributed by atoms with Crippen LogP contribution in [0.15, 0.2) is 48.5 Å². The standard InChI is InChI=1S/C22H27N3O4/c1-4-5-14-29-19-9-7-6-8-18(19)22(28)25-24-21(27)16-10-12-17(13-11-16)23-20(26)15(2)3/h6-13,15H,4-5,14H2,1-3H3,(H,23,26)(H,24,27)(H,25,28). The lowest BCUT2D eigenvalue weighted by Gasteiger charge is -2.12. The van der Waals surface area contributed by atoms with Crippen LogP contribution in [0, 0.1) is 5.92 Å². The van der Waals surface area contributed by atoms with Gasteiger partial charge in [0.15, 0.2) is 0 Å². The van der Waals surface area contributed by atoms with E-state index in [1.807, 2.05) is 0 Å². The van der Waals surface area contributed by atoms with Crippen LogP contribution in [0.2, 0.25) is 0 Å². The minimum absolute atomic E-state index is 0.103. The third kappa shape index (κ3) is 6.64. The first kappa shape index (κ1) is 21.9. The maximum atomic E-state index is 12.4. The number of unbranched alkanes of at least 4 members (excludes halogenated alkanes) is 1. The zero-order chi connectivity index (χ0) is 21.2. The summed E-state index contributed by atoms with van der Waals surface area (Å²) in [6.45, 7) is 6.18. The number of hydrogen-bond donors (Lipinski definition) is 3. The summed E-state index contributed by atoms with van der Waals surface area (Å²) in [6, 6.07) is 13.3. The number of hydrogen-bond acceptors (Lipinski definition) is 4. The van der Waals surface area contributed by atoms with Crippen molar-refractivity contribution in [3.05, 3.63) is 59.7 Å². The van der Waals surface area contributed by atoms with E-state index in [9.17, 15) is 14.4 Å². The normalized spacial score (nSPS) is 10.3. The molecule has 0 bridgehead atoms. The first-order chi connectivity index (χ1) is 13.9. The molecule has 2 aromatic carbocycles. The van der Waals surface area contributed by atoms with E-state index in [-0.39, 0.29) is 11.8 Å². The van der Waals surface area contributed by atoms with Gasteiger partial charge in [0.05, 0.1) is 12.2 Å². The number of para-hydroxylation sites is 1. The van der Waals surface area contributed by atoms with Gasteiger partial charge < -0.3 is 10.1 Å². The number of rotatable bonds is 8. The molecule has 0 saturated carbocycles. The molecule has 0 atom stereocenters. The number of benzene rings is 2. The molecule has 154 valence electrons. The summed E-state index contributed by atoms with van der Waals surface area (Å²) in [5.74, 6) is -0.704. The first-order valence-corrected chi connectivity index (χ1v) is 9.65. The molecule has 7 heteroatoms. The Morgan fingerprint density at radius 1 is 0.931 bits per heavy atom. The molecule has 0 spiro atoms. The van der Waals surface area contributed by atoms with Gasteiger partial charge in [-0.15, -0.1) is 0 Å². The highest BCUT2D eigenvalue weighted by Gasteiger charge is 2.14. The topological polar surface area (TPSA) is 96.5 Å². The van der Waals surface area contributed by atoms with Gasteiger partial charge in [-0.25, -0.2) is 0 Å². The number of hydrazine groups is 1. The van der Waals surface area contributed by atoms with Crippen LogP contribution in [-0.4, -0.2) is 24.3 Å². The fraction of sp³-hybridized carbons (Fsp3) is 0.318. The molecule has 29 heavy (non-hydrogen) atoms. The number of nitrogens with one attached hydrogen (secondary N) is 3. The fourth-order valence-electron chi connectivity index (χ4n) is 2.35. The molecule has 0 heterocycles. The van der Waals surface area contributed by atoms with Crippen molar-refractivity contribution >= 4 is 23.4 Å². The number of carbonyl (C=O) groups excluding carboxylic acids is 3. The van der Waals surface area contributed by atoms with E-state index in [4.69, 9.17) is 4.74 Å². The highest BCUT2D eigenvalue weighted by atomic mass is 16.5. The van der Waals surface area contributed by atoms with E-state index in [1.165, 1.54) is 0 Å². The monoisotopic (exact) mass is 397 g/mol. The zero-order valence-corrected chi connectivity index (χ0v) is 17.0. The van der Waals surface area contributed by atoms with Crippen molar-refractivity contribution in [2.45, 2.75) is 33.6 Å². The number of amides is 3. The molecule has 0 aliphatic carbocycles. The molecule has 0 unspecified atom stereocenters. The minimum Gasteiger partial charge on any atom is -0.493 e. The average molecular weight is 397 g/mol. The van der Waals surface area contributed by atoms with Crippen molar-refractivity contribution in [3.63, 3.8) is 0 Å². The molecule has 3 N–H and O–H groups in total. The number of anilines is 1. The van der Waals surface area contributed by atoms with Crippen molar-refractivity contribution in [1.82, 2.24) is 10.9 Å². The summed E-state index contributed by atoms with van der Waals surface area (Å²) in [5, 5.41) is 2.75. The lowest BCUT2D eigenvalue weighted by Crippen LogP contribution is -2.41. The van der Waals surface area contributed by atoms with E-state index in [2.05, 4.69) is 23.1 Å². The Morgan fingerprint density at radius 2 is 1.59 bits per heavy atom. The van der Waals surface area contributed by atoms with Crippen LogP contribution in [0.3, 0.4) is 0 Å². The third-order valence-electron chi connectivity index (χ3n) is 4.12. The summed E-state index contributed by atoms with van der Waals surface area (Å²) in [5.41, 5.74) is 6.08. The second kappa shape index (κ2) is 10.8. The second-order valence-corrected chi connectivity index (χ2v) is 6.83. The summed E-state index contributed by atoms with van der Waals surface area (Å²) >= 11 is 0. The smallest absolute Gasteiger partial charge is 0.273 e. The quantitative estimate of drug-likeness (QED) is 0.469. The van der Waals surface area contributed by atoms with Gasteiger partial charge in [-0.1, -0.05) is 39.3 Å². The van der Waals surface area contributed by atoms with Gasteiger partial charge in [0.1, 0.15) is 5.75 Å². The molecular weight excluding hydrogens is 370 g/mol. The Kier molecular flexibility index (Phi) is 8.21. The zero-order valence-electron chi connectivity index (χ0n) is 17.0. The lowest BCUT2D eigenvalue weighted by molar-refractivity contribution is -0.118. The molecule has 2 rings (SSSR count). The number of carbonyl (C=O) groups is 3. The summed E-state index contributed by atoms with van der Waals surface area (Å²) < 4.78 is 5.64. The summed E-state index contributed by atoms with van der Waals surface area (Å²) in [7, 11) is 0. The van der Waals surface area contributed by atoms with Gasteiger partial charge in [0, 0.05) is 17.2 Å². The van der Waals surface area contributed by atoms with Gasteiger partial charge in [0.25, 0.3) is 11.8 Å². The van der Waals surface area contributed by atoms with Crippen LogP contribution in [0.25, 0.3) is 0 Å². The van der Waals surface area contributed by atoms with Gasteiger partial charge in [0.2, 0.25) is 5.91 Å². The Balaban J connectivity index is 1.93. The van der Waals surface area contributed by atoms with Crippen molar-refractivity contribution in [1.29, 1.82) is 0 Å². The Morgan fingerprint density at radius 3 is 2.24 bits per heavy atom. The van der Waals surface area contributed by atoms with Crippen LogP contribution in [0.4, 0.5) is 5.69 Å². The second-order valence-electron chi connectivity index (χ2n) is 6.83. The highest BCUT2D eigenvalue weighted by molar-refractivity contribution is 6.00.